The number of anilines is 1. The molecule has 0 aromatic carbocycles. The first kappa shape index (κ1) is 15.0. The quantitative estimate of drug-likeness (QED) is 0.853. The van der Waals surface area contributed by atoms with Gasteiger partial charge in [0.15, 0.2) is 0 Å². The molecule has 0 spiro atoms. The van der Waals surface area contributed by atoms with Gasteiger partial charge in [0.1, 0.15) is 16.5 Å². The van der Waals surface area contributed by atoms with Gasteiger partial charge < -0.3 is 10.6 Å². The number of pyridine rings is 1. The van der Waals surface area contributed by atoms with E-state index in [9.17, 15) is 13.2 Å². The molecule has 0 saturated carbocycles. The van der Waals surface area contributed by atoms with Gasteiger partial charge in [-0.25, -0.2) is 4.98 Å². The van der Waals surface area contributed by atoms with Crippen LogP contribution in [0.2, 0.25) is 0 Å². The minimum Gasteiger partial charge on any atom is -0.389 e. The number of thiocarbonyl (C=S) groups is 1. The second-order valence-corrected chi connectivity index (χ2v) is 5.27. The summed E-state index contributed by atoms with van der Waals surface area (Å²) in [7, 11) is 0. The van der Waals surface area contributed by atoms with Gasteiger partial charge in [-0.05, 0) is 25.0 Å². The number of rotatable bonds is 2. The fraction of sp³-hybridized carbons (Fsp3) is 0.538. The zero-order chi connectivity index (χ0) is 14.8. The average Bonchev–Trinajstić information content (AvgIpc) is 2.65. The van der Waals surface area contributed by atoms with Crippen LogP contribution < -0.4 is 10.6 Å². The fourth-order valence-electron chi connectivity index (χ4n) is 2.32. The first-order valence-electron chi connectivity index (χ1n) is 6.52. The van der Waals surface area contributed by atoms with Crippen molar-refractivity contribution < 1.29 is 13.2 Å². The molecule has 2 rings (SSSR count). The Hall–Kier alpha value is -1.37. The molecule has 1 saturated heterocycles. The largest absolute Gasteiger partial charge is 0.433 e. The van der Waals surface area contributed by atoms with E-state index in [1.54, 1.807) is 0 Å². The Morgan fingerprint density at radius 1 is 1.15 bits per heavy atom. The summed E-state index contributed by atoms with van der Waals surface area (Å²) in [4.78, 5) is 5.70. The second kappa shape index (κ2) is 5.95. The summed E-state index contributed by atoms with van der Waals surface area (Å²) in [5.74, 6) is 0.259. The van der Waals surface area contributed by atoms with Crippen molar-refractivity contribution in [1.29, 1.82) is 0 Å². The number of halogens is 3. The van der Waals surface area contributed by atoms with Crippen molar-refractivity contribution in [2.45, 2.75) is 31.9 Å². The van der Waals surface area contributed by atoms with Crippen molar-refractivity contribution in [3.63, 3.8) is 0 Å². The lowest BCUT2D eigenvalue weighted by Crippen LogP contribution is -2.29. The standard InChI is InChI=1S/C13H16F3N3S/c14-13(15,16)10-6-5-9(11(17)20)12(18-10)19-7-3-1-2-4-8-19/h5-6H,1-4,7-8H2,(H2,17,20). The molecule has 1 aromatic heterocycles. The van der Waals surface area contributed by atoms with Crippen molar-refractivity contribution in [2.75, 3.05) is 18.0 Å². The summed E-state index contributed by atoms with van der Waals surface area (Å²) in [5, 5.41) is 0. The summed E-state index contributed by atoms with van der Waals surface area (Å²) in [5.41, 5.74) is 5.11. The van der Waals surface area contributed by atoms with Crippen LogP contribution in [-0.4, -0.2) is 23.1 Å². The summed E-state index contributed by atoms with van der Waals surface area (Å²) in [6.45, 7) is 1.37. The zero-order valence-electron chi connectivity index (χ0n) is 10.9. The van der Waals surface area contributed by atoms with E-state index < -0.39 is 11.9 Å². The third-order valence-electron chi connectivity index (χ3n) is 3.34. The summed E-state index contributed by atoms with van der Waals surface area (Å²) in [6, 6.07) is 2.24. The Morgan fingerprint density at radius 3 is 2.25 bits per heavy atom. The number of nitrogens with two attached hydrogens (primary N) is 1. The third-order valence-corrected chi connectivity index (χ3v) is 3.56. The molecular formula is C13H16F3N3S. The monoisotopic (exact) mass is 303 g/mol. The van der Waals surface area contributed by atoms with Crippen LogP contribution in [0.15, 0.2) is 12.1 Å². The SMILES string of the molecule is NC(=S)c1ccc(C(F)(F)F)nc1N1CCCCCC1. The lowest BCUT2D eigenvalue weighted by Gasteiger charge is -2.24. The molecule has 3 nitrogen and oxygen atoms in total. The summed E-state index contributed by atoms with van der Waals surface area (Å²) >= 11 is 4.92. The molecule has 0 unspecified atom stereocenters. The van der Waals surface area contributed by atoms with E-state index >= 15 is 0 Å². The second-order valence-electron chi connectivity index (χ2n) is 4.83. The van der Waals surface area contributed by atoms with E-state index in [4.69, 9.17) is 18.0 Å². The molecule has 0 atom stereocenters. The number of nitrogens with zero attached hydrogens (tertiary/aromatic N) is 2. The molecule has 110 valence electrons. The zero-order valence-corrected chi connectivity index (χ0v) is 11.7. The lowest BCUT2D eigenvalue weighted by molar-refractivity contribution is -0.141. The maximum Gasteiger partial charge on any atom is 0.433 e. The topological polar surface area (TPSA) is 42.1 Å². The maximum absolute atomic E-state index is 12.8. The molecule has 2 N–H and O–H groups in total. The molecule has 1 fully saturated rings. The highest BCUT2D eigenvalue weighted by atomic mass is 32.1. The van der Waals surface area contributed by atoms with E-state index in [0.29, 0.717) is 18.7 Å². The van der Waals surface area contributed by atoms with Gasteiger partial charge in [-0.3, -0.25) is 0 Å². The molecule has 1 aliphatic rings. The Kier molecular flexibility index (Phi) is 4.47. The first-order chi connectivity index (χ1) is 9.39. The minimum absolute atomic E-state index is 0.0745. The molecule has 20 heavy (non-hydrogen) atoms. The molecule has 2 heterocycles. The van der Waals surface area contributed by atoms with Gasteiger partial charge >= 0.3 is 6.18 Å². The molecule has 0 radical (unpaired) electrons. The lowest BCUT2D eigenvalue weighted by atomic mass is 10.2. The number of alkyl halides is 3. The van der Waals surface area contributed by atoms with Gasteiger partial charge in [0.2, 0.25) is 0 Å². The first-order valence-corrected chi connectivity index (χ1v) is 6.93. The van der Waals surface area contributed by atoms with Crippen molar-refractivity contribution >= 4 is 23.0 Å². The number of aromatic nitrogens is 1. The molecule has 0 bridgehead atoms. The van der Waals surface area contributed by atoms with Crippen LogP contribution in [0.4, 0.5) is 19.0 Å². The van der Waals surface area contributed by atoms with Crippen molar-refractivity contribution in [3.05, 3.63) is 23.4 Å². The normalized spacial score (nSPS) is 16.9. The van der Waals surface area contributed by atoms with Crippen LogP contribution in [0, 0.1) is 0 Å². The van der Waals surface area contributed by atoms with Crippen LogP contribution in [-0.2, 0) is 6.18 Å². The molecule has 1 aliphatic heterocycles. The van der Waals surface area contributed by atoms with E-state index in [1.165, 1.54) is 6.07 Å². The highest BCUT2D eigenvalue weighted by molar-refractivity contribution is 7.80. The fourth-order valence-corrected chi connectivity index (χ4v) is 2.48. The average molecular weight is 303 g/mol. The van der Waals surface area contributed by atoms with Crippen molar-refractivity contribution in [1.82, 2.24) is 4.98 Å². The van der Waals surface area contributed by atoms with Crippen LogP contribution in [0.1, 0.15) is 36.9 Å². The van der Waals surface area contributed by atoms with E-state index in [-0.39, 0.29) is 10.8 Å². The predicted molar refractivity (Wildman–Crippen MR) is 75.8 cm³/mol. The third kappa shape index (κ3) is 3.39. The van der Waals surface area contributed by atoms with Crippen molar-refractivity contribution in [3.8, 4) is 0 Å². The highest BCUT2D eigenvalue weighted by Gasteiger charge is 2.33. The highest BCUT2D eigenvalue weighted by Crippen LogP contribution is 2.31. The van der Waals surface area contributed by atoms with Gasteiger partial charge in [-0.1, -0.05) is 25.1 Å². The molecule has 0 amide bonds. The van der Waals surface area contributed by atoms with Crippen LogP contribution in [0.25, 0.3) is 0 Å². The van der Waals surface area contributed by atoms with Crippen molar-refractivity contribution in [2.24, 2.45) is 5.73 Å². The summed E-state index contributed by atoms with van der Waals surface area (Å²) in [6.07, 6.45) is -0.422. The molecule has 7 heteroatoms. The molecule has 1 aromatic rings. The number of hydrogen-bond donors (Lipinski definition) is 1. The summed E-state index contributed by atoms with van der Waals surface area (Å²) < 4.78 is 38.4. The predicted octanol–water partition coefficient (Wildman–Crippen LogP) is 3.12. The van der Waals surface area contributed by atoms with Gasteiger partial charge in [0, 0.05) is 13.1 Å². The Labute approximate surface area is 121 Å². The van der Waals surface area contributed by atoms with Gasteiger partial charge in [0.25, 0.3) is 0 Å². The van der Waals surface area contributed by atoms with Gasteiger partial charge in [0.05, 0.1) is 5.56 Å². The van der Waals surface area contributed by atoms with E-state index in [1.807, 2.05) is 4.90 Å². The Morgan fingerprint density at radius 2 is 1.75 bits per heavy atom. The van der Waals surface area contributed by atoms with E-state index in [0.717, 1.165) is 31.7 Å². The minimum atomic E-state index is -4.46. The van der Waals surface area contributed by atoms with Gasteiger partial charge in [-0.2, -0.15) is 13.2 Å². The van der Waals surface area contributed by atoms with Gasteiger partial charge in [-0.15, -0.1) is 0 Å². The molecular weight excluding hydrogens is 287 g/mol. The Balaban J connectivity index is 2.43. The maximum atomic E-state index is 12.8. The van der Waals surface area contributed by atoms with Crippen LogP contribution >= 0.6 is 12.2 Å². The van der Waals surface area contributed by atoms with Crippen LogP contribution in [0.5, 0.6) is 0 Å². The van der Waals surface area contributed by atoms with Crippen LogP contribution in [0.3, 0.4) is 0 Å². The number of hydrogen-bond acceptors (Lipinski definition) is 3. The molecule has 0 aliphatic carbocycles. The smallest absolute Gasteiger partial charge is 0.389 e. The van der Waals surface area contributed by atoms with E-state index in [2.05, 4.69) is 4.98 Å². The Bertz CT molecular complexity index is 494.